The number of alkyl halides is 1. The fourth-order valence-corrected chi connectivity index (χ4v) is 3.52. The lowest BCUT2D eigenvalue weighted by Gasteiger charge is -2.42. The number of benzene rings is 1. The fraction of sp³-hybridized carbons (Fsp3) is 0.400. The quantitative estimate of drug-likeness (QED) is 0.483. The van der Waals surface area contributed by atoms with Crippen LogP contribution in [0.4, 0.5) is 0 Å². The monoisotopic (exact) mass is 338 g/mol. The van der Waals surface area contributed by atoms with E-state index in [-0.39, 0.29) is 18.0 Å². The zero-order chi connectivity index (χ0) is 14.3. The van der Waals surface area contributed by atoms with Gasteiger partial charge in [0, 0.05) is 5.92 Å². The topological polar surface area (TPSA) is 44.8 Å². The summed E-state index contributed by atoms with van der Waals surface area (Å²) in [6, 6.07) is 5.76. The SMILES string of the molecule is COc1ccc(C2C[C@@H]3C=CC2(Br)C(=O)O3)cc1OC. The molecule has 5 heteroatoms. The number of halogens is 1. The minimum Gasteiger partial charge on any atom is -0.493 e. The van der Waals surface area contributed by atoms with Crippen molar-refractivity contribution in [1.29, 1.82) is 0 Å². The van der Waals surface area contributed by atoms with Crippen molar-refractivity contribution in [1.82, 2.24) is 0 Å². The second-order valence-corrected chi connectivity index (χ2v) is 6.29. The Kier molecular flexibility index (Phi) is 3.24. The molecule has 1 fully saturated rings. The highest BCUT2D eigenvalue weighted by molar-refractivity contribution is 9.10. The van der Waals surface area contributed by atoms with Crippen molar-refractivity contribution < 1.29 is 19.0 Å². The van der Waals surface area contributed by atoms with Gasteiger partial charge in [-0.2, -0.15) is 0 Å². The van der Waals surface area contributed by atoms with Crippen LogP contribution in [0.15, 0.2) is 30.4 Å². The Hall–Kier alpha value is -1.49. The molecule has 4 rings (SSSR count). The van der Waals surface area contributed by atoms with Gasteiger partial charge in [0.1, 0.15) is 10.4 Å². The van der Waals surface area contributed by atoms with E-state index in [4.69, 9.17) is 14.2 Å². The second kappa shape index (κ2) is 4.81. The lowest BCUT2D eigenvalue weighted by Crippen LogP contribution is -2.49. The Morgan fingerprint density at radius 1 is 1.30 bits per heavy atom. The number of fused-ring (bicyclic) bond motifs is 2. The summed E-state index contributed by atoms with van der Waals surface area (Å²) in [6.45, 7) is 0. The van der Waals surface area contributed by atoms with Gasteiger partial charge in [-0.3, -0.25) is 4.79 Å². The minimum atomic E-state index is -0.776. The van der Waals surface area contributed by atoms with Gasteiger partial charge in [0.25, 0.3) is 0 Å². The fourth-order valence-electron chi connectivity index (χ4n) is 2.82. The smallest absolute Gasteiger partial charge is 0.328 e. The van der Waals surface area contributed by atoms with Gasteiger partial charge in [-0.25, -0.2) is 0 Å². The maximum absolute atomic E-state index is 12.1. The van der Waals surface area contributed by atoms with Crippen LogP contribution in [0.3, 0.4) is 0 Å². The molecule has 20 heavy (non-hydrogen) atoms. The number of hydrogen-bond donors (Lipinski definition) is 0. The van der Waals surface area contributed by atoms with Gasteiger partial charge in [0.05, 0.1) is 14.2 Å². The van der Waals surface area contributed by atoms with Gasteiger partial charge in [-0.15, -0.1) is 0 Å². The van der Waals surface area contributed by atoms with Crippen molar-refractivity contribution in [2.24, 2.45) is 0 Å². The van der Waals surface area contributed by atoms with E-state index in [0.717, 1.165) is 12.0 Å². The molecule has 2 aliphatic heterocycles. The molecule has 2 bridgehead atoms. The summed E-state index contributed by atoms with van der Waals surface area (Å²) in [5.41, 5.74) is 1.03. The van der Waals surface area contributed by atoms with Crippen LogP contribution in [-0.4, -0.2) is 30.6 Å². The lowest BCUT2D eigenvalue weighted by atomic mass is 9.76. The first-order chi connectivity index (χ1) is 9.58. The molecule has 1 saturated heterocycles. The van der Waals surface area contributed by atoms with E-state index in [0.29, 0.717) is 11.5 Å². The molecule has 4 nitrogen and oxygen atoms in total. The molecule has 3 atom stereocenters. The molecular weight excluding hydrogens is 324 g/mol. The van der Waals surface area contributed by atoms with Crippen molar-refractivity contribution in [3.8, 4) is 11.5 Å². The average Bonchev–Trinajstić information content (AvgIpc) is 2.47. The van der Waals surface area contributed by atoms with Gasteiger partial charge >= 0.3 is 5.97 Å². The molecule has 0 spiro atoms. The summed E-state index contributed by atoms with van der Waals surface area (Å²) in [5, 5.41) is 0. The van der Waals surface area contributed by atoms with Crippen LogP contribution in [0.25, 0.3) is 0 Å². The summed E-state index contributed by atoms with van der Waals surface area (Å²) >= 11 is 3.55. The number of hydrogen-bond acceptors (Lipinski definition) is 4. The minimum absolute atomic E-state index is 0.0264. The third-order valence-corrected chi connectivity index (χ3v) is 5.05. The Morgan fingerprint density at radius 2 is 2.05 bits per heavy atom. The van der Waals surface area contributed by atoms with Gasteiger partial charge in [-0.1, -0.05) is 28.1 Å². The number of esters is 1. The molecule has 0 radical (unpaired) electrons. The second-order valence-electron chi connectivity index (χ2n) is 4.97. The van der Waals surface area contributed by atoms with Crippen LogP contribution >= 0.6 is 15.9 Å². The Bertz CT molecular complexity index is 583. The molecule has 1 aromatic carbocycles. The van der Waals surface area contributed by atoms with E-state index in [1.165, 1.54) is 0 Å². The highest BCUT2D eigenvalue weighted by Crippen LogP contribution is 2.49. The van der Waals surface area contributed by atoms with Crippen molar-refractivity contribution >= 4 is 21.9 Å². The number of ether oxygens (including phenoxy) is 3. The average molecular weight is 339 g/mol. The third-order valence-electron chi connectivity index (χ3n) is 3.91. The molecular formula is C15H15BrO4. The van der Waals surface area contributed by atoms with Crippen molar-refractivity contribution in [3.63, 3.8) is 0 Å². The highest BCUT2D eigenvalue weighted by Gasteiger charge is 2.52. The normalized spacial score (nSPS) is 31.1. The summed E-state index contributed by atoms with van der Waals surface area (Å²) in [4.78, 5) is 12.1. The summed E-state index contributed by atoms with van der Waals surface area (Å²) in [5.74, 6) is 1.15. The molecule has 0 aromatic heterocycles. The first kappa shape index (κ1) is 13.5. The molecule has 0 N–H and O–H groups in total. The predicted molar refractivity (Wildman–Crippen MR) is 77.6 cm³/mol. The summed E-state index contributed by atoms with van der Waals surface area (Å²) < 4.78 is 15.1. The Labute approximate surface area is 125 Å². The molecule has 2 heterocycles. The molecule has 1 aromatic rings. The van der Waals surface area contributed by atoms with Crippen molar-refractivity contribution in [2.75, 3.05) is 14.2 Å². The van der Waals surface area contributed by atoms with Gasteiger partial charge in [-0.05, 0) is 30.2 Å². The van der Waals surface area contributed by atoms with Crippen LogP contribution in [0.5, 0.6) is 11.5 Å². The zero-order valence-corrected chi connectivity index (χ0v) is 12.8. The van der Waals surface area contributed by atoms with E-state index in [1.54, 1.807) is 14.2 Å². The number of carbonyl (C=O) groups is 1. The zero-order valence-electron chi connectivity index (χ0n) is 11.3. The third kappa shape index (κ3) is 1.92. The van der Waals surface area contributed by atoms with Crippen LogP contribution < -0.4 is 9.47 Å². The highest BCUT2D eigenvalue weighted by atomic mass is 79.9. The van der Waals surface area contributed by atoms with E-state index in [1.807, 2.05) is 30.4 Å². The maximum atomic E-state index is 12.1. The van der Waals surface area contributed by atoms with Crippen LogP contribution in [0.2, 0.25) is 0 Å². The first-order valence-electron chi connectivity index (χ1n) is 6.39. The van der Waals surface area contributed by atoms with Gasteiger partial charge in [0.15, 0.2) is 11.5 Å². The molecule has 0 saturated carbocycles. The van der Waals surface area contributed by atoms with E-state index in [9.17, 15) is 4.79 Å². The molecule has 3 aliphatic rings. The summed E-state index contributed by atoms with van der Waals surface area (Å²) in [6.07, 6.45) is 4.46. The van der Waals surface area contributed by atoms with Crippen LogP contribution in [-0.2, 0) is 9.53 Å². The van der Waals surface area contributed by atoms with Gasteiger partial charge < -0.3 is 14.2 Å². The van der Waals surface area contributed by atoms with Crippen molar-refractivity contribution in [3.05, 3.63) is 35.9 Å². The van der Waals surface area contributed by atoms with Gasteiger partial charge in [0.2, 0.25) is 0 Å². The number of carbonyl (C=O) groups excluding carboxylic acids is 1. The van der Waals surface area contributed by atoms with Crippen LogP contribution in [0, 0.1) is 0 Å². The number of methoxy groups -OCH3 is 2. The Morgan fingerprint density at radius 3 is 2.70 bits per heavy atom. The number of rotatable bonds is 3. The molecule has 0 amide bonds. The van der Waals surface area contributed by atoms with E-state index in [2.05, 4.69) is 15.9 Å². The van der Waals surface area contributed by atoms with E-state index < -0.39 is 4.32 Å². The van der Waals surface area contributed by atoms with Crippen LogP contribution in [0.1, 0.15) is 17.9 Å². The standard InChI is InChI=1S/C15H15BrO4/c1-18-12-4-3-9(7-13(12)19-2)11-8-10-5-6-15(11,16)14(17)20-10/h3-7,10-11H,8H2,1-2H3/t10-,11?,15?/m0/s1. The summed E-state index contributed by atoms with van der Waals surface area (Å²) in [7, 11) is 3.21. The maximum Gasteiger partial charge on any atom is 0.328 e. The lowest BCUT2D eigenvalue weighted by molar-refractivity contribution is -0.155. The first-order valence-corrected chi connectivity index (χ1v) is 7.19. The molecule has 106 valence electrons. The predicted octanol–water partition coefficient (Wildman–Crippen LogP) is 2.81. The van der Waals surface area contributed by atoms with E-state index >= 15 is 0 Å². The largest absolute Gasteiger partial charge is 0.493 e. The van der Waals surface area contributed by atoms with Crippen molar-refractivity contribution in [2.45, 2.75) is 22.8 Å². The molecule has 1 aliphatic carbocycles. The molecule has 2 unspecified atom stereocenters. The Balaban J connectivity index is 2.02.